The van der Waals surface area contributed by atoms with Gasteiger partial charge in [0, 0.05) is 5.54 Å². The molecule has 29 heavy (non-hydrogen) atoms. The van der Waals surface area contributed by atoms with Gasteiger partial charge >= 0.3 is 6.61 Å². The van der Waals surface area contributed by atoms with Gasteiger partial charge in [0.05, 0.1) is 0 Å². The SMILES string of the molecule is Fc1cc(CCC2CCC(C3CCC(/C=C/Cl)CC3)CC2)cc(F)c1OC(F)F. The molecule has 0 atom stereocenters. The predicted molar refractivity (Wildman–Crippen MR) is 107 cm³/mol. The summed E-state index contributed by atoms with van der Waals surface area (Å²) in [5.74, 6) is -0.314. The minimum atomic E-state index is -3.24. The number of halogens is 5. The van der Waals surface area contributed by atoms with Crippen molar-refractivity contribution in [2.24, 2.45) is 23.7 Å². The summed E-state index contributed by atoms with van der Waals surface area (Å²) < 4.78 is 56.1. The topological polar surface area (TPSA) is 9.23 Å². The molecule has 0 unspecified atom stereocenters. The van der Waals surface area contributed by atoms with Crippen molar-refractivity contribution >= 4 is 11.6 Å². The third-order valence-electron chi connectivity index (χ3n) is 6.83. The number of alkyl halides is 2. The second kappa shape index (κ2) is 10.7. The van der Waals surface area contributed by atoms with Crippen molar-refractivity contribution in [1.82, 2.24) is 0 Å². The van der Waals surface area contributed by atoms with E-state index in [9.17, 15) is 17.6 Å². The molecule has 2 saturated carbocycles. The van der Waals surface area contributed by atoms with Crippen LogP contribution in [0, 0.1) is 35.3 Å². The van der Waals surface area contributed by atoms with Gasteiger partial charge in [-0.1, -0.05) is 30.5 Å². The minimum Gasteiger partial charge on any atom is -0.429 e. The average Bonchev–Trinajstić information content (AvgIpc) is 2.70. The van der Waals surface area contributed by atoms with E-state index in [2.05, 4.69) is 10.8 Å². The molecule has 2 aliphatic rings. The molecule has 0 aliphatic heterocycles. The number of rotatable bonds is 7. The van der Waals surface area contributed by atoms with Crippen LogP contribution in [0.3, 0.4) is 0 Å². The summed E-state index contributed by atoms with van der Waals surface area (Å²) in [4.78, 5) is 0. The minimum absolute atomic E-state index is 0.495. The van der Waals surface area contributed by atoms with Gasteiger partial charge in [-0.2, -0.15) is 8.78 Å². The Morgan fingerprint density at radius 3 is 2.00 bits per heavy atom. The van der Waals surface area contributed by atoms with Crippen LogP contribution in [0.25, 0.3) is 0 Å². The Morgan fingerprint density at radius 2 is 1.48 bits per heavy atom. The maximum atomic E-state index is 13.9. The lowest BCUT2D eigenvalue weighted by Crippen LogP contribution is -2.25. The molecule has 0 radical (unpaired) electrons. The first kappa shape index (κ1) is 22.5. The molecule has 2 aliphatic carbocycles. The highest BCUT2D eigenvalue weighted by atomic mass is 35.5. The first-order chi connectivity index (χ1) is 14.0. The third kappa shape index (κ3) is 6.37. The number of allylic oxidation sites excluding steroid dienone is 1. The van der Waals surface area contributed by atoms with Crippen LogP contribution in [0.2, 0.25) is 0 Å². The lowest BCUT2D eigenvalue weighted by molar-refractivity contribution is -0.0546. The van der Waals surface area contributed by atoms with Crippen molar-refractivity contribution in [1.29, 1.82) is 0 Å². The standard InChI is InChI=1S/C23H29ClF4O/c24-12-11-16-5-9-19(10-6-16)18-7-3-15(4-8-18)1-2-17-13-20(25)22(21(26)14-17)29-23(27)28/h11-16,18-19,23H,1-10H2/b12-11+. The highest BCUT2D eigenvalue weighted by Gasteiger charge is 2.30. The van der Waals surface area contributed by atoms with Crippen LogP contribution in [0.1, 0.15) is 63.4 Å². The number of aryl methyl sites for hydroxylation is 1. The molecule has 1 nitrogen and oxygen atoms in total. The largest absolute Gasteiger partial charge is 0.429 e. The zero-order chi connectivity index (χ0) is 20.8. The smallest absolute Gasteiger partial charge is 0.387 e. The molecular formula is C23H29ClF4O. The van der Waals surface area contributed by atoms with E-state index in [-0.39, 0.29) is 0 Å². The fraction of sp³-hybridized carbons (Fsp3) is 0.652. The number of hydrogen-bond acceptors (Lipinski definition) is 1. The van der Waals surface area contributed by atoms with Crippen LogP contribution in [0.5, 0.6) is 5.75 Å². The summed E-state index contributed by atoms with van der Waals surface area (Å²) in [6.07, 6.45) is 13.3. The maximum Gasteiger partial charge on any atom is 0.387 e. The van der Waals surface area contributed by atoms with Gasteiger partial charge in [0.25, 0.3) is 0 Å². The second-order valence-corrected chi connectivity index (χ2v) is 8.83. The lowest BCUT2D eigenvalue weighted by Gasteiger charge is -2.37. The van der Waals surface area contributed by atoms with Crippen LogP contribution in [-0.2, 0) is 6.42 Å². The van der Waals surface area contributed by atoms with Crippen molar-refractivity contribution in [3.8, 4) is 5.75 Å². The van der Waals surface area contributed by atoms with E-state index >= 15 is 0 Å². The average molecular weight is 433 g/mol. The Hall–Kier alpha value is -1.23. The lowest BCUT2D eigenvalue weighted by atomic mass is 9.68. The first-order valence-corrected chi connectivity index (χ1v) is 11.1. The van der Waals surface area contributed by atoms with Gasteiger partial charge in [0.2, 0.25) is 0 Å². The molecule has 0 heterocycles. The Labute approximate surface area is 175 Å². The monoisotopic (exact) mass is 432 g/mol. The van der Waals surface area contributed by atoms with Gasteiger partial charge in [0.1, 0.15) is 0 Å². The van der Waals surface area contributed by atoms with Gasteiger partial charge in [-0.05, 0) is 92.7 Å². The van der Waals surface area contributed by atoms with Crippen LogP contribution in [0.4, 0.5) is 17.6 Å². The van der Waals surface area contributed by atoms with Crippen LogP contribution >= 0.6 is 11.6 Å². The van der Waals surface area contributed by atoms with E-state index in [1.165, 1.54) is 38.5 Å². The van der Waals surface area contributed by atoms with E-state index in [0.717, 1.165) is 43.2 Å². The molecule has 162 valence electrons. The Kier molecular flexibility index (Phi) is 8.28. The van der Waals surface area contributed by atoms with E-state index < -0.39 is 24.0 Å². The molecule has 3 rings (SSSR count). The Balaban J connectivity index is 1.43. The van der Waals surface area contributed by atoms with E-state index in [0.29, 0.717) is 23.8 Å². The van der Waals surface area contributed by atoms with Crippen LogP contribution in [0.15, 0.2) is 23.7 Å². The van der Waals surface area contributed by atoms with Crippen molar-refractivity contribution in [3.63, 3.8) is 0 Å². The van der Waals surface area contributed by atoms with Gasteiger partial charge in [-0.25, -0.2) is 8.78 Å². The van der Waals surface area contributed by atoms with E-state index in [4.69, 9.17) is 11.6 Å². The molecule has 1 aromatic rings. The molecule has 2 fully saturated rings. The van der Waals surface area contributed by atoms with Gasteiger partial charge in [-0.15, -0.1) is 0 Å². The summed E-state index contributed by atoms with van der Waals surface area (Å²) in [6, 6.07) is 2.22. The molecule has 6 heteroatoms. The fourth-order valence-corrected chi connectivity index (χ4v) is 5.39. The molecule has 0 spiro atoms. The van der Waals surface area contributed by atoms with Crippen LogP contribution in [-0.4, -0.2) is 6.61 Å². The molecule has 0 amide bonds. The Morgan fingerprint density at radius 1 is 0.931 bits per heavy atom. The van der Waals surface area contributed by atoms with Crippen molar-refractivity contribution in [2.45, 2.75) is 70.8 Å². The van der Waals surface area contributed by atoms with E-state index in [1.54, 1.807) is 5.54 Å². The first-order valence-electron chi connectivity index (χ1n) is 10.7. The molecular weight excluding hydrogens is 404 g/mol. The third-order valence-corrected chi connectivity index (χ3v) is 6.97. The van der Waals surface area contributed by atoms with Crippen molar-refractivity contribution < 1.29 is 22.3 Å². The van der Waals surface area contributed by atoms with Gasteiger partial charge in [-0.3, -0.25) is 0 Å². The zero-order valence-corrected chi connectivity index (χ0v) is 17.3. The number of ether oxygens (including phenoxy) is 1. The molecule has 0 N–H and O–H groups in total. The quantitative estimate of drug-likeness (QED) is 0.398. The summed E-state index contributed by atoms with van der Waals surface area (Å²) in [7, 11) is 0. The highest BCUT2D eigenvalue weighted by Crippen LogP contribution is 2.42. The number of benzene rings is 1. The molecule has 0 aromatic heterocycles. The summed E-state index contributed by atoms with van der Waals surface area (Å²) in [5.41, 5.74) is 2.14. The second-order valence-electron chi connectivity index (χ2n) is 8.58. The maximum absolute atomic E-state index is 13.9. The van der Waals surface area contributed by atoms with Gasteiger partial charge in [0.15, 0.2) is 17.4 Å². The summed E-state index contributed by atoms with van der Waals surface area (Å²) >= 11 is 5.70. The Bertz CT molecular complexity index is 654. The molecule has 0 bridgehead atoms. The summed E-state index contributed by atoms with van der Waals surface area (Å²) in [5, 5.41) is 0. The van der Waals surface area contributed by atoms with Crippen LogP contribution < -0.4 is 4.74 Å². The van der Waals surface area contributed by atoms with Gasteiger partial charge < -0.3 is 4.74 Å². The normalized spacial score (nSPS) is 28.2. The predicted octanol–water partition coefficient (Wildman–Crippen LogP) is 7.86. The number of hydrogen-bond donors (Lipinski definition) is 0. The molecule has 0 saturated heterocycles. The fourth-order valence-electron chi connectivity index (χ4n) is 5.19. The highest BCUT2D eigenvalue weighted by molar-refractivity contribution is 6.25. The van der Waals surface area contributed by atoms with Crippen molar-refractivity contribution in [3.05, 3.63) is 40.9 Å². The zero-order valence-electron chi connectivity index (χ0n) is 16.6. The summed E-state index contributed by atoms with van der Waals surface area (Å²) in [6.45, 7) is -3.24. The molecule has 1 aromatic carbocycles. The van der Waals surface area contributed by atoms with E-state index in [1.807, 2.05) is 0 Å². The van der Waals surface area contributed by atoms with Crippen molar-refractivity contribution in [2.75, 3.05) is 0 Å².